The Bertz CT molecular complexity index is 512. The molecule has 0 saturated carbocycles. The predicted octanol–water partition coefficient (Wildman–Crippen LogP) is 2.11. The van der Waals surface area contributed by atoms with Gasteiger partial charge in [-0.25, -0.2) is 5.43 Å². The van der Waals surface area contributed by atoms with E-state index in [0.29, 0.717) is 11.3 Å². The second-order valence-electron chi connectivity index (χ2n) is 3.56. The molecule has 0 aliphatic heterocycles. The highest BCUT2D eigenvalue weighted by atomic mass is 32.1. The minimum Gasteiger partial charge on any atom is -0.271 e. The van der Waals surface area contributed by atoms with Gasteiger partial charge >= 0.3 is 6.18 Å². The molecule has 18 heavy (non-hydrogen) atoms. The molecule has 1 heterocycles. The zero-order valence-corrected chi connectivity index (χ0v) is 9.79. The first kappa shape index (κ1) is 12.9. The molecule has 8 heteroatoms. The van der Waals surface area contributed by atoms with Crippen molar-refractivity contribution in [2.45, 2.75) is 12.2 Å². The van der Waals surface area contributed by atoms with Gasteiger partial charge in [0.2, 0.25) is 0 Å². The van der Waals surface area contributed by atoms with Gasteiger partial charge in [-0.3, -0.25) is 5.84 Å². The number of hydrogen-bond acceptors (Lipinski definition) is 5. The van der Waals surface area contributed by atoms with Crippen molar-refractivity contribution in [2.75, 3.05) is 0 Å². The molecule has 96 valence electrons. The molecule has 2 aromatic rings. The van der Waals surface area contributed by atoms with Crippen LogP contribution in [0.1, 0.15) is 22.9 Å². The second-order valence-corrected chi connectivity index (χ2v) is 4.11. The molecule has 0 spiro atoms. The summed E-state index contributed by atoms with van der Waals surface area (Å²) in [5, 5.41) is 0. The average molecular weight is 274 g/mol. The lowest BCUT2D eigenvalue weighted by Gasteiger charge is -2.15. The van der Waals surface area contributed by atoms with Crippen molar-refractivity contribution in [2.24, 2.45) is 5.84 Å². The first-order chi connectivity index (χ1) is 8.52. The number of rotatable bonds is 3. The topological polar surface area (TPSA) is 63.8 Å². The van der Waals surface area contributed by atoms with Gasteiger partial charge in [-0.15, -0.1) is 0 Å². The van der Waals surface area contributed by atoms with Crippen molar-refractivity contribution in [3.8, 4) is 0 Å². The fourth-order valence-electron chi connectivity index (χ4n) is 1.55. The molecular formula is C10H9F3N4S. The van der Waals surface area contributed by atoms with Crippen LogP contribution in [-0.4, -0.2) is 8.75 Å². The highest BCUT2D eigenvalue weighted by Gasteiger charge is 2.31. The molecule has 0 bridgehead atoms. The number of benzene rings is 1. The lowest BCUT2D eigenvalue weighted by Crippen LogP contribution is -2.29. The standard InChI is InChI=1S/C10H9F3N4S/c11-10(12,13)7-3-1-2-6(4-7)9(16-14)8-5-15-18-17-8/h1-5,9,16H,14H2. The minimum absolute atomic E-state index is 0.389. The summed E-state index contributed by atoms with van der Waals surface area (Å²) in [6.07, 6.45) is -2.91. The molecule has 4 nitrogen and oxygen atoms in total. The van der Waals surface area contributed by atoms with Gasteiger partial charge in [0.25, 0.3) is 0 Å². The Morgan fingerprint density at radius 2 is 2.11 bits per heavy atom. The van der Waals surface area contributed by atoms with Gasteiger partial charge in [-0.2, -0.15) is 21.9 Å². The third-order valence-corrected chi connectivity index (χ3v) is 2.88. The van der Waals surface area contributed by atoms with Crippen molar-refractivity contribution in [3.63, 3.8) is 0 Å². The average Bonchev–Trinajstić information content (AvgIpc) is 2.83. The Morgan fingerprint density at radius 3 is 2.67 bits per heavy atom. The lowest BCUT2D eigenvalue weighted by molar-refractivity contribution is -0.137. The number of aromatic nitrogens is 2. The number of hydrazine groups is 1. The van der Waals surface area contributed by atoms with Crippen LogP contribution in [0.2, 0.25) is 0 Å². The summed E-state index contributed by atoms with van der Waals surface area (Å²) in [6, 6.07) is 4.34. The van der Waals surface area contributed by atoms with E-state index in [0.717, 1.165) is 23.9 Å². The zero-order chi connectivity index (χ0) is 13.2. The van der Waals surface area contributed by atoms with Gasteiger partial charge < -0.3 is 0 Å². The van der Waals surface area contributed by atoms with Crippen LogP contribution < -0.4 is 11.3 Å². The van der Waals surface area contributed by atoms with Gasteiger partial charge in [0.15, 0.2) is 0 Å². The molecule has 2 rings (SSSR count). The highest BCUT2D eigenvalue weighted by Crippen LogP contribution is 2.31. The number of alkyl halides is 3. The Labute approximate surface area is 105 Å². The van der Waals surface area contributed by atoms with Gasteiger partial charge in [0.1, 0.15) is 0 Å². The number of nitrogens with one attached hydrogen (secondary N) is 1. The van der Waals surface area contributed by atoms with E-state index in [9.17, 15) is 13.2 Å². The van der Waals surface area contributed by atoms with Crippen LogP contribution in [0.3, 0.4) is 0 Å². The minimum atomic E-state index is -4.38. The van der Waals surface area contributed by atoms with Gasteiger partial charge in [-0.1, -0.05) is 12.1 Å². The molecule has 1 aromatic carbocycles. The van der Waals surface area contributed by atoms with Crippen LogP contribution in [0, 0.1) is 0 Å². The Morgan fingerprint density at radius 1 is 1.33 bits per heavy atom. The van der Waals surface area contributed by atoms with Gasteiger partial charge in [0, 0.05) is 0 Å². The largest absolute Gasteiger partial charge is 0.416 e. The SMILES string of the molecule is NNC(c1cccc(C(F)(F)F)c1)c1cnsn1. The van der Waals surface area contributed by atoms with Crippen molar-refractivity contribution in [3.05, 3.63) is 47.3 Å². The summed E-state index contributed by atoms with van der Waals surface area (Å²) in [5.74, 6) is 5.36. The van der Waals surface area contributed by atoms with E-state index in [1.807, 2.05) is 0 Å². The molecule has 0 aliphatic carbocycles. The maximum absolute atomic E-state index is 12.6. The quantitative estimate of drug-likeness (QED) is 0.664. The molecular weight excluding hydrogens is 265 g/mol. The molecule has 1 aromatic heterocycles. The van der Waals surface area contributed by atoms with E-state index < -0.39 is 17.8 Å². The summed E-state index contributed by atoms with van der Waals surface area (Å²) in [7, 11) is 0. The summed E-state index contributed by atoms with van der Waals surface area (Å²) in [4.78, 5) is 0. The predicted molar refractivity (Wildman–Crippen MR) is 60.5 cm³/mol. The van der Waals surface area contributed by atoms with Crippen LogP contribution in [0.15, 0.2) is 30.5 Å². The van der Waals surface area contributed by atoms with Crippen LogP contribution >= 0.6 is 11.7 Å². The van der Waals surface area contributed by atoms with E-state index in [4.69, 9.17) is 5.84 Å². The number of nitrogens with two attached hydrogens (primary N) is 1. The molecule has 1 unspecified atom stereocenters. The number of halogens is 3. The summed E-state index contributed by atoms with van der Waals surface area (Å²) in [5.41, 5.74) is 2.59. The van der Waals surface area contributed by atoms with Crippen LogP contribution in [0.25, 0.3) is 0 Å². The first-order valence-electron chi connectivity index (χ1n) is 4.93. The Kier molecular flexibility index (Phi) is 3.60. The molecule has 0 radical (unpaired) electrons. The molecule has 1 atom stereocenters. The van der Waals surface area contributed by atoms with Crippen LogP contribution in [-0.2, 0) is 6.18 Å². The van der Waals surface area contributed by atoms with E-state index in [2.05, 4.69) is 14.2 Å². The van der Waals surface area contributed by atoms with Crippen molar-refractivity contribution in [1.29, 1.82) is 0 Å². The molecule has 0 aliphatic rings. The molecule has 0 fully saturated rings. The van der Waals surface area contributed by atoms with Crippen LogP contribution in [0.5, 0.6) is 0 Å². The third-order valence-electron chi connectivity index (χ3n) is 2.39. The van der Waals surface area contributed by atoms with Gasteiger partial charge in [-0.05, 0) is 17.7 Å². The first-order valence-corrected chi connectivity index (χ1v) is 5.66. The fourth-order valence-corrected chi connectivity index (χ4v) is 2.00. The summed E-state index contributed by atoms with van der Waals surface area (Å²) < 4.78 is 45.6. The second kappa shape index (κ2) is 5.01. The lowest BCUT2D eigenvalue weighted by atomic mass is 10.0. The van der Waals surface area contributed by atoms with Gasteiger partial charge in [0.05, 0.1) is 35.2 Å². The van der Waals surface area contributed by atoms with Crippen molar-refractivity contribution < 1.29 is 13.2 Å². The summed E-state index contributed by atoms with van der Waals surface area (Å²) in [6.45, 7) is 0. The van der Waals surface area contributed by atoms with Crippen molar-refractivity contribution >= 4 is 11.7 Å². The molecule has 0 saturated heterocycles. The third kappa shape index (κ3) is 2.66. The molecule has 3 N–H and O–H groups in total. The van der Waals surface area contributed by atoms with E-state index in [1.165, 1.54) is 12.3 Å². The highest BCUT2D eigenvalue weighted by molar-refractivity contribution is 6.99. The van der Waals surface area contributed by atoms with E-state index in [1.54, 1.807) is 6.07 Å². The Balaban J connectivity index is 2.38. The number of hydrogen-bond donors (Lipinski definition) is 2. The Hall–Kier alpha value is -1.51. The maximum Gasteiger partial charge on any atom is 0.416 e. The van der Waals surface area contributed by atoms with E-state index >= 15 is 0 Å². The maximum atomic E-state index is 12.6. The normalized spacial score (nSPS) is 13.6. The van der Waals surface area contributed by atoms with Crippen molar-refractivity contribution in [1.82, 2.24) is 14.2 Å². The number of nitrogens with zero attached hydrogens (tertiary/aromatic N) is 2. The zero-order valence-electron chi connectivity index (χ0n) is 8.98. The smallest absolute Gasteiger partial charge is 0.271 e. The van der Waals surface area contributed by atoms with E-state index in [-0.39, 0.29) is 0 Å². The monoisotopic (exact) mass is 274 g/mol. The molecule has 0 amide bonds. The fraction of sp³-hybridized carbons (Fsp3) is 0.200. The summed E-state index contributed by atoms with van der Waals surface area (Å²) >= 11 is 0.970. The van der Waals surface area contributed by atoms with Crippen LogP contribution in [0.4, 0.5) is 13.2 Å².